The molecule has 3 heterocycles. The smallest absolute Gasteiger partial charge is 0.262 e. The molecular weight excluding hydrogens is 374 g/mol. The number of fused-ring (bicyclic) bond motifs is 1. The van der Waals surface area contributed by atoms with Gasteiger partial charge in [0.2, 0.25) is 11.8 Å². The number of imide groups is 2. The Hall–Kier alpha value is -2.62. The van der Waals surface area contributed by atoms with Crippen LogP contribution in [0.3, 0.4) is 0 Å². The van der Waals surface area contributed by atoms with E-state index in [4.69, 9.17) is 0 Å². The van der Waals surface area contributed by atoms with Crippen LogP contribution < -0.4 is 16.0 Å². The summed E-state index contributed by atoms with van der Waals surface area (Å²) < 4.78 is 0. The van der Waals surface area contributed by atoms with Gasteiger partial charge in [-0.05, 0) is 31.2 Å². The number of piperidine rings is 1. The highest BCUT2D eigenvalue weighted by molar-refractivity contribution is 6.23. The second-order valence-corrected chi connectivity index (χ2v) is 7.80. The summed E-state index contributed by atoms with van der Waals surface area (Å²) in [6.07, 6.45) is 0.275. The van der Waals surface area contributed by atoms with E-state index < -0.39 is 23.8 Å². The molecule has 1 aromatic rings. The first-order valence-electron chi connectivity index (χ1n) is 9.92. The molecule has 4 rings (SSSR count). The van der Waals surface area contributed by atoms with Crippen LogP contribution in [-0.4, -0.2) is 78.7 Å². The Morgan fingerprint density at radius 1 is 1.14 bits per heavy atom. The fraction of sp³-hybridized carbons (Fsp3) is 0.500. The maximum atomic E-state index is 12.9. The first-order chi connectivity index (χ1) is 14.0. The number of carbonyl (C=O) groups excluding carboxylic acids is 4. The van der Waals surface area contributed by atoms with E-state index in [-0.39, 0.29) is 18.7 Å². The Bertz CT molecular complexity index is 870. The average Bonchev–Trinajstić information content (AvgIpc) is 2.94. The molecule has 2 saturated heterocycles. The van der Waals surface area contributed by atoms with E-state index in [1.807, 2.05) is 6.07 Å². The van der Waals surface area contributed by atoms with E-state index in [1.165, 1.54) is 0 Å². The van der Waals surface area contributed by atoms with Crippen molar-refractivity contribution in [3.05, 3.63) is 34.9 Å². The van der Waals surface area contributed by atoms with Crippen molar-refractivity contribution in [2.45, 2.75) is 31.5 Å². The van der Waals surface area contributed by atoms with Gasteiger partial charge in [0.1, 0.15) is 6.04 Å². The van der Waals surface area contributed by atoms with E-state index in [1.54, 1.807) is 12.1 Å². The molecule has 4 amide bonds. The van der Waals surface area contributed by atoms with Crippen LogP contribution in [0.1, 0.15) is 39.1 Å². The molecule has 29 heavy (non-hydrogen) atoms. The molecule has 3 aliphatic rings. The topological polar surface area (TPSA) is 111 Å². The van der Waals surface area contributed by atoms with Crippen molar-refractivity contribution in [3.63, 3.8) is 0 Å². The van der Waals surface area contributed by atoms with Crippen LogP contribution in [0.4, 0.5) is 0 Å². The van der Waals surface area contributed by atoms with Gasteiger partial charge in [-0.15, -0.1) is 0 Å². The minimum absolute atomic E-state index is 0.115. The number of hydrogen-bond acceptors (Lipinski definition) is 7. The van der Waals surface area contributed by atoms with E-state index >= 15 is 0 Å². The highest BCUT2D eigenvalue weighted by Crippen LogP contribution is 2.28. The molecule has 3 N–H and O–H groups in total. The third-order valence-corrected chi connectivity index (χ3v) is 5.86. The predicted molar refractivity (Wildman–Crippen MR) is 104 cm³/mol. The fourth-order valence-electron chi connectivity index (χ4n) is 4.10. The molecule has 0 saturated carbocycles. The molecule has 0 spiro atoms. The van der Waals surface area contributed by atoms with Crippen molar-refractivity contribution in [1.29, 1.82) is 0 Å². The second-order valence-electron chi connectivity index (χ2n) is 7.80. The molecule has 2 fully saturated rings. The van der Waals surface area contributed by atoms with Crippen molar-refractivity contribution in [1.82, 2.24) is 25.8 Å². The van der Waals surface area contributed by atoms with Crippen LogP contribution >= 0.6 is 0 Å². The van der Waals surface area contributed by atoms with Gasteiger partial charge in [0.25, 0.3) is 11.8 Å². The van der Waals surface area contributed by atoms with Crippen LogP contribution in [0.25, 0.3) is 0 Å². The lowest BCUT2D eigenvalue weighted by Gasteiger charge is -2.33. The summed E-state index contributed by atoms with van der Waals surface area (Å²) in [5, 5.41) is 9.00. The fourth-order valence-corrected chi connectivity index (χ4v) is 4.10. The number of piperazine rings is 1. The minimum Gasteiger partial charge on any atom is -0.314 e. The molecule has 0 radical (unpaired) electrons. The van der Waals surface area contributed by atoms with Gasteiger partial charge in [0.15, 0.2) is 0 Å². The van der Waals surface area contributed by atoms with Crippen LogP contribution in [0.15, 0.2) is 18.2 Å². The highest BCUT2D eigenvalue weighted by atomic mass is 16.2. The molecular formula is C20H25N5O4. The number of nitrogens with one attached hydrogen (secondary N) is 3. The predicted octanol–water partition coefficient (Wildman–Crippen LogP) is -0.919. The summed E-state index contributed by atoms with van der Waals surface area (Å²) in [5.74, 6) is -1.93. The van der Waals surface area contributed by atoms with Crippen molar-refractivity contribution in [3.8, 4) is 0 Å². The van der Waals surface area contributed by atoms with E-state index in [9.17, 15) is 19.2 Å². The molecule has 2 atom stereocenters. The van der Waals surface area contributed by atoms with Gasteiger partial charge in [-0.1, -0.05) is 6.07 Å². The minimum atomic E-state index is -0.934. The Morgan fingerprint density at radius 2 is 1.93 bits per heavy atom. The molecule has 0 aromatic heterocycles. The second kappa shape index (κ2) is 8.02. The molecule has 0 aliphatic carbocycles. The highest BCUT2D eigenvalue weighted by Gasteiger charge is 2.44. The summed E-state index contributed by atoms with van der Waals surface area (Å²) >= 11 is 0. The Labute approximate surface area is 168 Å². The third-order valence-electron chi connectivity index (χ3n) is 5.86. The molecule has 154 valence electrons. The molecule has 0 bridgehead atoms. The normalized spacial score (nSPS) is 25.3. The number of likely N-dealkylation sites (N-methyl/N-ethyl adjacent to an activating group) is 1. The first-order valence-corrected chi connectivity index (χ1v) is 9.92. The number of benzene rings is 1. The number of nitrogens with zero attached hydrogens (tertiary/aromatic N) is 2. The Balaban J connectivity index is 1.43. The van der Waals surface area contributed by atoms with E-state index in [0.717, 1.165) is 36.6 Å². The quantitative estimate of drug-likeness (QED) is 0.549. The van der Waals surface area contributed by atoms with Crippen LogP contribution in [0.2, 0.25) is 0 Å². The Morgan fingerprint density at radius 3 is 2.69 bits per heavy atom. The monoisotopic (exact) mass is 399 g/mol. The Kier molecular flexibility index (Phi) is 5.44. The number of hydrogen-bond donors (Lipinski definition) is 3. The van der Waals surface area contributed by atoms with Gasteiger partial charge in [0, 0.05) is 45.2 Å². The van der Waals surface area contributed by atoms with Crippen LogP contribution in [0.5, 0.6) is 0 Å². The maximum Gasteiger partial charge on any atom is 0.262 e. The molecule has 9 nitrogen and oxygen atoms in total. The molecule has 9 heteroatoms. The number of rotatable bonds is 5. The van der Waals surface area contributed by atoms with Gasteiger partial charge < -0.3 is 10.6 Å². The summed E-state index contributed by atoms with van der Waals surface area (Å²) in [7, 11) is 2.11. The van der Waals surface area contributed by atoms with E-state index in [0.29, 0.717) is 23.7 Å². The third kappa shape index (κ3) is 3.81. The average molecular weight is 399 g/mol. The SMILES string of the molecule is CN1CCNCC1CNCc1ccc2c(c1)C(=O)N(C1CCC(=O)NC1=O)C2=O. The van der Waals surface area contributed by atoms with Gasteiger partial charge >= 0.3 is 0 Å². The molecule has 2 unspecified atom stereocenters. The van der Waals surface area contributed by atoms with Crippen molar-refractivity contribution in [2.24, 2.45) is 0 Å². The van der Waals surface area contributed by atoms with Crippen LogP contribution in [-0.2, 0) is 16.1 Å². The number of amides is 4. The summed E-state index contributed by atoms with van der Waals surface area (Å²) in [6.45, 7) is 4.34. The van der Waals surface area contributed by atoms with Crippen molar-refractivity contribution in [2.75, 3.05) is 33.2 Å². The lowest BCUT2D eigenvalue weighted by atomic mass is 10.0. The van der Waals surface area contributed by atoms with Crippen LogP contribution in [0, 0.1) is 0 Å². The standard InChI is InChI=1S/C20H25N5O4/c1-24-7-6-21-10-13(24)11-22-9-12-2-3-14-15(8-12)20(29)25(19(14)28)16-4-5-17(26)23-18(16)27/h2-3,8,13,16,21-22H,4-7,9-11H2,1H3,(H,23,26,27). The zero-order chi connectivity index (χ0) is 20.5. The van der Waals surface area contributed by atoms with Crippen molar-refractivity contribution < 1.29 is 19.2 Å². The van der Waals surface area contributed by atoms with Gasteiger partial charge in [0.05, 0.1) is 11.1 Å². The maximum absolute atomic E-state index is 12.9. The zero-order valence-electron chi connectivity index (χ0n) is 16.4. The van der Waals surface area contributed by atoms with Crippen molar-refractivity contribution >= 4 is 23.6 Å². The first kappa shape index (κ1) is 19.7. The molecule has 3 aliphatic heterocycles. The lowest BCUT2D eigenvalue weighted by molar-refractivity contribution is -0.136. The molecule has 1 aromatic carbocycles. The van der Waals surface area contributed by atoms with E-state index in [2.05, 4.69) is 27.9 Å². The van der Waals surface area contributed by atoms with Gasteiger partial charge in [-0.3, -0.25) is 34.3 Å². The van der Waals surface area contributed by atoms with Gasteiger partial charge in [-0.25, -0.2) is 0 Å². The summed E-state index contributed by atoms with van der Waals surface area (Å²) in [4.78, 5) is 52.4. The summed E-state index contributed by atoms with van der Waals surface area (Å²) in [5.41, 5.74) is 1.52. The lowest BCUT2D eigenvalue weighted by Crippen LogP contribution is -2.54. The summed E-state index contributed by atoms with van der Waals surface area (Å²) in [6, 6.07) is 4.66. The zero-order valence-corrected chi connectivity index (χ0v) is 16.4. The number of carbonyl (C=O) groups is 4. The van der Waals surface area contributed by atoms with Gasteiger partial charge in [-0.2, -0.15) is 0 Å². The largest absolute Gasteiger partial charge is 0.314 e.